The van der Waals surface area contributed by atoms with Gasteiger partial charge in [0.25, 0.3) is 0 Å². The van der Waals surface area contributed by atoms with Crippen molar-refractivity contribution in [3.05, 3.63) is 108 Å². The molecule has 1 atom stereocenters. The molecule has 0 radical (unpaired) electrons. The molecule has 3 rings (SSSR count). The highest BCUT2D eigenvalue weighted by atomic mass is 16.6. The molecule has 3 nitrogen and oxygen atoms in total. The fourth-order valence-electron chi connectivity index (χ4n) is 3.30. The van der Waals surface area contributed by atoms with E-state index in [0.29, 0.717) is 6.61 Å². The SMILES string of the molecule is CCOC(=O)[C@H](C)OC(c1ccccc1)(c1ccccc1)c1ccccc1. The van der Waals surface area contributed by atoms with Crippen LogP contribution in [0.25, 0.3) is 0 Å². The van der Waals surface area contributed by atoms with Crippen molar-refractivity contribution in [3.8, 4) is 0 Å². The van der Waals surface area contributed by atoms with Gasteiger partial charge in [-0.25, -0.2) is 4.79 Å². The predicted molar refractivity (Wildman–Crippen MR) is 106 cm³/mol. The molecule has 3 heteroatoms. The first kappa shape index (κ1) is 18.9. The number of carbonyl (C=O) groups excluding carboxylic acids is 1. The Morgan fingerprint density at radius 1 is 0.778 bits per heavy atom. The molecular weight excluding hydrogens is 336 g/mol. The molecule has 0 spiro atoms. The first-order valence-corrected chi connectivity index (χ1v) is 9.19. The lowest BCUT2D eigenvalue weighted by molar-refractivity contribution is -0.162. The van der Waals surface area contributed by atoms with Crippen LogP contribution < -0.4 is 0 Å². The van der Waals surface area contributed by atoms with E-state index in [1.807, 2.05) is 91.0 Å². The molecule has 0 saturated carbocycles. The van der Waals surface area contributed by atoms with Crippen molar-refractivity contribution >= 4 is 5.97 Å². The molecule has 138 valence electrons. The summed E-state index contributed by atoms with van der Waals surface area (Å²) in [6, 6.07) is 30.0. The Hall–Kier alpha value is -2.91. The average molecular weight is 360 g/mol. The van der Waals surface area contributed by atoms with E-state index in [1.165, 1.54) is 0 Å². The van der Waals surface area contributed by atoms with Crippen molar-refractivity contribution in [2.24, 2.45) is 0 Å². The first-order valence-electron chi connectivity index (χ1n) is 9.19. The fraction of sp³-hybridized carbons (Fsp3) is 0.208. The maximum atomic E-state index is 12.4. The molecule has 0 aliphatic rings. The number of ether oxygens (including phenoxy) is 2. The zero-order valence-electron chi connectivity index (χ0n) is 15.7. The van der Waals surface area contributed by atoms with Crippen LogP contribution in [0.2, 0.25) is 0 Å². The highest BCUT2D eigenvalue weighted by Crippen LogP contribution is 2.41. The Balaban J connectivity index is 2.21. The predicted octanol–water partition coefficient (Wildman–Crippen LogP) is 4.95. The molecule has 0 heterocycles. The smallest absolute Gasteiger partial charge is 0.335 e. The van der Waals surface area contributed by atoms with E-state index < -0.39 is 11.7 Å². The Morgan fingerprint density at radius 2 is 1.15 bits per heavy atom. The van der Waals surface area contributed by atoms with Gasteiger partial charge < -0.3 is 9.47 Å². The number of esters is 1. The maximum absolute atomic E-state index is 12.4. The van der Waals surface area contributed by atoms with Crippen molar-refractivity contribution < 1.29 is 14.3 Å². The molecule has 3 aromatic carbocycles. The summed E-state index contributed by atoms with van der Waals surface area (Å²) in [5.41, 5.74) is 1.95. The number of hydrogen-bond donors (Lipinski definition) is 0. The van der Waals surface area contributed by atoms with Gasteiger partial charge in [-0.15, -0.1) is 0 Å². The molecule has 3 aromatic rings. The van der Waals surface area contributed by atoms with E-state index in [2.05, 4.69) is 0 Å². The van der Waals surface area contributed by atoms with Crippen LogP contribution >= 0.6 is 0 Å². The number of benzene rings is 3. The monoisotopic (exact) mass is 360 g/mol. The first-order chi connectivity index (χ1) is 13.2. The van der Waals surface area contributed by atoms with Gasteiger partial charge >= 0.3 is 5.97 Å². The van der Waals surface area contributed by atoms with Gasteiger partial charge in [0.15, 0.2) is 6.10 Å². The third-order valence-electron chi connectivity index (χ3n) is 4.51. The van der Waals surface area contributed by atoms with Crippen LogP contribution in [0.4, 0.5) is 0 Å². The molecule has 0 fully saturated rings. The second-order valence-corrected chi connectivity index (χ2v) is 6.29. The van der Waals surface area contributed by atoms with Crippen LogP contribution in [0.3, 0.4) is 0 Å². The molecular formula is C24H24O3. The second-order valence-electron chi connectivity index (χ2n) is 6.29. The lowest BCUT2D eigenvalue weighted by Crippen LogP contribution is -2.39. The molecule has 0 saturated heterocycles. The minimum Gasteiger partial charge on any atom is -0.464 e. The van der Waals surface area contributed by atoms with E-state index in [-0.39, 0.29) is 5.97 Å². The molecule has 0 aromatic heterocycles. The zero-order chi connectivity index (χ0) is 19.1. The van der Waals surface area contributed by atoms with Gasteiger partial charge in [-0.2, -0.15) is 0 Å². The summed E-state index contributed by atoms with van der Waals surface area (Å²) in [7, 11) is 0. The van der Waals surface area contributed by atoms with Crippen molar-refractivity contribution in [1.82, 2.24) is 0 Å². The standard InChI is InChI=1S/C24H24O3/c1-3-26-23(25)19(2)27-24(20-13-7-4-8-14-20,21-15-9-5-10-16-21)22-17-11-6-12-18-22/h4-19H,3H2,1-2H3/t19-/m0/s1. The lowest BCUT2D eigenvalue weighted by Gasteiger charge is -2.37. The molecule has 0 aliphatic carbocycles. The summed E-state index contributed by atoms with van der Waals surface area (Å²) >= 11 is 0. The topological polar surface area (TPSA) is 35.5 Å². The summed E-state index contributed by atoms with van der Waals surface area (Å²) in [6.45, 7) is 3.85. The summed E-state index contributed by atoms with van der Waals surface area (Å²) in [5.74, 6) is -0.371. The van der Waals surface area contributed by atoms with Gasteiger partial charge in [-0.1, -0.05) is 91.0 Å². The number of rotatable bonds is 7. The van der Waals surface area contributed by atoms with Crippen LogP contribution in [0.15, 0.2) is 91.0 Å². The van der Waals surface area contributed by atoms with E-state index >= 15 is 0 Å². The quantitative estimate of drug-likeness (QED) is 0.442. The summed E-state index contributed by atoms with van der Waals surface area (Å²) in [4.78, 5) is 12.4. The average Bonchev–Trinajstić information content (AvgIpc) is 2.74. The summed E-state index contributed by atoms with van der Waals surface area (Å²) < 4.78 is 11.7. The van der Waals surface area contributed by atoms with E-state index in [4.69, 9.17) is 9.47 Å². The molecule has 0 aliphatic heterocycles. The largest absolute Gasteiger partial charge is 0.464 e. The zero-order valence-corrected chi connectivity index (χ0v) is 15.7. The highest BCUT2D eigenvalue weighted by molar-refractivity contribution is 5.74. The van der Waals surface area contributed by atoms with Crippen LogP contribution in [0.5, 0.6) is 0 Å². The van der Waals surface area contributed by atoms with E-state index in [9.17, 15) is 4.79 Å². The van der Waals surface area contributed by atoms with Crippen LogP contribution in [0.1, 0.15) is 30.5 Å². The molecule has 27 heavy (non-hydrogen) atoms. The lowest BCUT2D eigenvalue weighted by atomic mass is 9.80. The Morgan fingerprint density at radius 3 is 1.48 bits per heavy atom. The van der Waals surface area contributed by atoms with E-state index in [1.54, 1.807) is 13.8 Å². The van der Waals surface area contributed by atoms with Gasteiger partial charge in [0.1, 0.15) is 5.60 Å². The minimum absolute atomic E-state index is 0.321. The third kappa shape index (κ3) is 3.93. The van der Waals surface area contributed by atoms with Crippen molar-refractivity contribution in [2.75, 3.05) is 6.61 Å². The van der Waals surface area contributed by atoms with Crippen molar-refractivity contribution in [3.63, 3.8) is 0 Å². The fourth-order valence-corrected chi connectivity index (χ4v) is 3.30. The summed E-state index contributed by atoms with van der Waals surface area (Å²) in [5, 5.41) is 0. The van der Waals surface area contributed by atoms with Crippen LogP contribution in [0, 0.1) is 0 Å². The van der Waals surface area contributed by atoms with E-state index in [0.717, 1.165) is 16.7 Å². The second kappa shape index (κ2) is 8.65. The third-order valence-corrected chi connectivity index (χ3v) is 4.51. The van der Waals surface area contributed by atoms with Gasteiger partial charge in [0.05, 0.1) is 6.61 Å². The normalized spacial score (nSPS) is 12.4. The van der Waals surface area contributed by atoms with Gasteiger partial charge in [0, 0.05) is 0 Å². The minimum atomic E-state index is -0.921. The molecule has 0 amide bonds. The van der Waals surface area contributed by atoms with Crippen LogP contribution in [-0.4, -0.2) is 18.7 Å². The van der Waals surface area contributed by atoms with Crippen LogP contribution in [-0.2, 0) is 19.9 Å². The van der Waals surface area contributed by atoms with Crippen molar-refractivity contribution in [2.45, 2.75) is 25.6 Å². The number of hydrogen-bond acceptors (Lipinski definition) is 3. The van der Waals surface area contributed by atoms with Gasteiger partial charge in [-0.3, -0.25) is 0 Å². The summed E-state index contributed by atoms with van der Waals surface area (Å²) in [6.07, 6.45) is -0.731. The highest BCUT2D eigenvalue weighted by Gasteiger charge is 2.40. The number of carbonyl (C=O) groups is 1. The van der Waals surface area contributed by atoms with Crippen molar-refractivity contribution in [1.29, 1.82) is 0 Å². The maximum Gasteiger partial charge on any atom is 0.335 e. The van der Waals surface area contributed by atoms with Gasteiger partial charge in [0.2, 0.25) is 0 Å². The Labute approximate surface area is 160 Å². The van der Waals surface area contributed by atoms with Gasteiger partial charge in [-0.05, 0) is 30.5 Å². The molecule has 0 N–H and O–H groups in total. The molecule has 0 bridgehead atoms. The Bertz CT molecular complexity index is 748. The Kier molecular flexibility index (Phi) is 6.05. The molecule has 0 unspecified atom stereocenters.